The van der Waals surface area contributed by atoms with Gasteiger partial charge in [-0.2, -0.15) is 0 Å². The molecule has 2 aromatic rings. The van der Waals surface area contributed by atoms with Crippen molar-refractivity contribution < 1.29 is 23.8 Å². The van der Waals surface area contributed by atoms with E-state index in [4.69, 9.17) is 14.2 Å². The van der Waals surface area contributed by atoms with Crippen LogP contribution in [-0.4, -0.2) is 32.7 Å². The van der Waals surface area contributed by atoms with Crippen LogP contribution < -0.4 is 14.8 Å². The largest absolute Gasteiger partial charge is 0.493 e. The van der Waals surface area contributed by atoms with E-state index in [1.807, 2.05) is 6.92 Å². The van der Waals surface area contributed by atoms with Crippen molar-refractivity contribution in [1.82, 2.24) is 5.32 Å². The Morgan fingerprint density at radius 3 is 2.48 bits per heavy atom. The van der Waals surface area contributed by atoms with Gasteiger partial charge in [0.25, 0.3) is 5.91 Å². The third-order valence-corrected chi connectivity index (χ3v) is 5.19. The Kier molecular flexibility index (Phi) is 6.75. The van der Waals surface area contributed by atoms with Crippen LogP contribution in [0.3, 0.4) is 0 Å². The Hall–Kier alpha value is -3.02. The maximum Gasteiger partial charge on any atom is 0.337 e. The molecular formula is C23H27NO5. The first-order valence-electron chi connectivity index (χ1n) is 9.82. The summed E-state index contributed by atoms with van der Waals surface area (Å²) in [6.45, 7) is 1.82. The standard InChI is InChI=1S/C23H27NO5/c1-15(17-9-8-16-6-4-5-7-18(16)12-17)24-22(25)14-29-20-11-10-19(23(26)28-3)13-21(20)27-2/h8-13,15H,4-7,14H2,1-3H3,(H,24,25)/t15-/m1/s1. The van der Waals surface area contributed by atoms with Crippen molar-refractivity contribution >= 4 is 11.9 Å². The lowest BCUT2D eigenvalue weighted by Gasteiger charge is -2.20. The number of ether oxygens (including phenoxy) is 3. The molecule has 1 amide bonds. The fourth-order valence-corrected chi connectivity index (χ4v) is 3.56. The van der Waals surface area contributed by atoms with E-state index in [9.17, 15) is 9.59 Å². The predicted octanol–water partition coefficient (Wildman–Crippen LogP) is 3.62. The number of nitrogens with one attached hydrogen (secondary N) is 1. The van der Waals surface area contributed by atoms with Crippen molar-refractivity contribution in [3.8, 4) is 11.5 Å². The van der Waals surface area contributed by atoms with Crippen LogP contribution in [0.1, 0.15) is 52.9 Å². The first kappa shape index (κ1) is 20.7. The third-order valence-electron chi connectivity index (χ3n) is 5.19. The summed E-state index contributed by atoms with van der Waals surface area (Å²) in [5, 5.41) is 2.97. The Bertz CT molecular complexity index is 893. The normalized spacial score (nSPS) is 13.8. The smallest absolute Gasteiger partial charge is 0.337 e. The fourth-order valence-electron chi connectivity index (χ4n) is 3.56. The highest BCUT2D eigenvalue weighted by Gasteiger charge is 2.16. The molecule has 1 atom stereocenters. The van der Waals surface area contributed by atoms with E-state index >= 15 is 0 Å². The Morgan fingerprint density at radius 1 is 1.00 bits per heavy atom. The zero-order valence-corrected chi connectivity index (χ0v) is 17.1. The fraction of sp³-hybridized carbons (Fsp3) is 0.391. The van der Waals surface area contributed by atoms with Crippen LogP contribution in [0.4, 0.5) is 0 Å². The van der Waals surface area contributed by atoms with Gasteiger partial charge >= 0.3 is 5.97 Å². The molecule has 2 aromatic carbocycles. The lowest BCUT2D eigenvalue weighted by molar-refractivity contribution is -0.123. The van der Waals surface area contributed by atoms with E-state index in [-0.39, 0.29) is 18.6 Å². The van der Waals surface area contributed by atoms with Crippen LogP contribution in [0.25, 0.3) is 0 Å². The van der Waals surface area contributed by atoms with Crippen LogP contribution in [0, 0.1) is 0 Å². The molecule has 154 valence electrons. The van der Waals surface area contributed by atoms with Gasteiger partial charge < -0.3 is 19.5 Å². The van der Waals surface area contributed by atoms with Crippen LogP contribution in [-0.2, 0) is 22.4 Å². The predicted molar refractivity (Wildman–Crippen MR) is 109 cm³/mol. The van der Waals surface area contributed by atoms with E-state index in [1.165, 1.54) is 44.3 Å². The molecule has 0 saturated carbocycles. The molecule has 0 bridgehead atoms. The van der Waals surface area contributed by atoms with E-state index in [1.54, 1.807) is 12.1 Å². The van der Waals surface area contributed by atoms with Gasteiger partial charge in [-0.05, 0) is 67.5 Å². The minimum absolute atomic E-state index is 0.109. The quantitative estimate of drug-likeness (QED) is 0.723. The van der Waals surface area contributed by atoms with Gasteiger partial charge in [-0.1, -0.05) is 18.2 Å². The molecule has 6 nitrogen and oxygen atoms in total. The van der Waals surface area contributed by atoms with Crippen molar-refractivity contribution in [3.05, 3.63) is 58.7 Å². The highest BCUT2D eigenvalue weighted by Crippen LogP contribution is 2.28. The molecule has 0 radical (unpaired) electrons. The number of carbonyl (C=O) groups is 2. The van der Waals surface area contributed by atoms with Gasteiger partial charge in [0, 0.05) is 0 Å². The Morgan fingerprint density at radius 2 is 1.76 bits per heavy atom. The average molecular weight is 397 g/mol. The van der Waals surface area contributed by atoms with E-state index < -0.39 is 5.97 Å². The molecule has 0 heterocycles. The minimum Gasteiger partial charge on any atom is -0.493 e. The zero-order chi connectivity index (χ0) is 20.8. The molecule has 1 aliphatic carbocycles. The summed E-state index contributed by atoms with van der Waals surface area (Å²) in [7, 11) is 2.79. The maximum absolute atomic E-state index is 12.4. The van der Waals surface area contributed by atoms with Gasteiger partial charge in [-0.15, -0.1) is 0 Å². The number of carbonyl (C=O) groups excluding carboxylic acids is 2. The van der Waals surface area contributed by atoms with Gasteiger partial charge in [0.1, 0.15) is 0 Å². The highest BCUT2D eigenvalue weighted by molar-refractivity contribution is 5.90. The van der Waals surface area contributed by atoms with Crippen molar-refractivity contribution in [3.63, 3.8) is 0 Å². The van der Waals surface area contributed by atoms with E-state index in [0.29, 0.717) is 17.1 Å². The number of fused-ring (bicyclic) bond motifs is 1. The zero-order valence-electron chi connectivity index (χ0n) is 17.1. The number of methoxy groups -OCH3 is 2. The summed E-state index contributed by atoms with van der Waals surface area (Å²) in [6, 6.07) is 11.0. The maximum atomic E-state index is 12.4. The lowest BCUT2D eigenvalue weighted by atomic mass is 9.89. The number of aryl methyl sites for hydroxylation is 2. The molecule has 6 heteroatoms. The van der Waals surface area contributed by atoms with E-state index in [0.717, 1.165) is 18.4 Å². The van der Waals surface area contributed by atoms with Gasteiger partial charge in [-0.3, -0.25) is 4.79 Å². The molecule has 29 heavy (non-hydrogen) atoms. The molecule has 1 aliphatic rings. The van der Waals surface area contributed by atoms with Crippen LogP contribution >= 0.6 is 0 Å². The van der Waals surface area contributed by atoms with Crippen LogP contribution in [0.2, 0.25) is 0 Å². The second-order valence-corrected chi connectivity index (χ2v) is 7.17. The summed E-state index contributed by atoms with van der Waals surface area (Å²) in [5.41, 5.74) is 4.26. The molecule has 1 N–H and O–H groups in total. The molecule has 0 saturated heterocycles. The number of benzene rings is 2. The molecule has 0 aromatic heterocycles. The van der Waals surface area contributed by atoms with Crippen molar-refractivity contribution in [1.29, 1.82) is 0 Å². The molecular weight excluding hydrogens is 370 g/mol. The summed E-state index contributed by atoms with van der Waals surface area (Å²) < 4.78 is 15.5. The average Bonchev–Trinajstić information content (AvgIpc) is 2.76. The highest BCUT2D eigenvalue weighted by atomic mass is 16.5. The second-order valence-electron chi connectivity index (χ2n) is 7.17. The summed E-state index contributed by atoms with van der Waals surface area (Å²) >= 11 is 0. The van der Waals surface area contributed by atoms with Crippen LogP contribution in [0.15, 0.2) is 36.4 Å². The number of rotatable bonds is 7. The molecule has 0 unspecified atom stereocenters. The van der Waals surface area contributed by atoms with Crippen LogP contribution in [0.5, 0.6) is 11.5 Å². The van der Waals surface area contributed by atoms with E-state index in [2.05, 4.69) is 23.5 Å². The SMILES string of the molecule is COC(=O)c1ccc(OCC(=O)N[C@H](C)c2ccc3c(c2)CCCC3)c(OC)c1. The Labute approximate surface area is 171 Å². The van der Waals surface area contributed by atoms with Crippen molar-refractivity contribution in [2.45, 2.75) is 38.6 Å². The number of esters is 1. The number of amides is 1. The minimum atomic E-state index is -0.466. The van der Waals surface area contributed by atoms with Gasteiger partial charge in [0.05, 0.1) is 25.8 Å². The third kappa shape index (κ3) is 5.08. The van der Waals surface area contributed by atoms with Crippen molar-refractivity contribution in [2.75, 3.05) is 20.8 Å². The first-order valence-corrected chi connectivity index (χ1v) is 9.82. The van der Waals surface area contributed by atoms with Crippen molar-refractivity contribution in [2.24, 2.45) is 0 Å². The van der Waals surface area contributed by atoms with Gasteiger partial charge in [0.15, 0.2) is 18.1 Å². The Balaban J connectivity index is 1.59. The first-order chi connectivity index (χ1) is 14.0. The summed E-state index contributed by atoms with van der Waals surface area (Å²) in [6.07, 6.45) is 4.72. The lowest BCUT2D eigenvalue weighted by Crippen LogP contribution is -2.31. The van der Waals surface area contributed by atoms with Gasteiger partial charge in [-0.25, -0.2) is 4.79 Å². The molecule has 3 rings (SSSR count). The number of hydrogen-bond donors (Lipinski definition) is 1. The molecule has 0 spiro atoms. The number of hydrogen-bond acceptors (Lipinski definition) is 5. The molecule has 0 fully saturated rings. The second kappa shape index (κ2) is 9.45. The van der Waals surface area contributed by atoms with Gasteiger partial charge in [0.2, 0.25) is 0 Å². The topological polar surface area (TPSA) is 73.9 Å². The monoisotopic (exact) mass is 397 g/mol. The summed E-state index contributed by atoms with van der Waals surface area (Å²) in [5.74, 6) is 0.0564. The summed E-state index contributed by atoms with van der Waals surface area (Å²) in [4.78, 5) is 24.0. The molecule has 0 aliphatic heterocycles.